The van der Waals surface area contributed by atoms with Crippen molar-refractivity contribution >= 4 is 5.69 Å². The molecule has 0 aromatic heterocycles. The van der Waals surface area contributed by atoms with E-state index in [1.165, 1.54) is 31.7 Å². The lowest BCUT2D eigenvalue weighted by atomic mass is 9.93. The summed E-state index contributed by atoms with van der Waals surface area (Å²) in [6, 6.07) is 11.5. The first kappa shape index (κ1) is 12.9. The van der Waals surface area contributed by atoms with E-state index in [2.05, 4.69) is 59.3 Å². The summed E-state index contributed by atoms with van der Waals surface area (Å²) in [7, 11) is 0. The molecule has 0 aliphatic carbocycles. The second kappa shape index (κ2) is 5.14. The predicted molar refractivity (Wildman–Crippen MR) is 80.7 cm³/mol. The van der Waals surface area contributed by atoms with Crippen molar-refractivity contribution in [1.82, 2.24) is 10.2 Å². The van der Waals surface area contributed by atoms with Crippen LogP contribution in [0.5, 0.6) is 0 Å². The van der Waals surface area contributed by atoms with Gasteiger partial charge in [-0.1, -0.05) is 18.2 Å². The van der Waals surface area contributed by atoms with Crippen molar-refractivity contribution in [1.29, 1.82) is 0 Å². The molecule has 3 heteroatoms. The van der Waals surface area contributed by atoms with Crippen molar-refractivity contribution in [2.45, 2.75) is 31.8 Å². The van der Waals surface area contributed by atoms with E-state index in [1.54, 1.807) is 0 Å². The van der Waals surface area contributed by atoms with Crippen LogP contribution in [0.1, 0.15) is 20.3 Å². The summed E-state index contributed by atoms with van der Waals surface area (Å²) in [6.45, 7) is 10.6. The molecule has 0 amide bonds. The highest BCUT2D eigenvalue weighted by molar-refractivity contribution is 5.50. The van der Waals surface area contributed by atoms with Crippen molar-refractivity contribution in [3.63, 3.8) is 0 Å². The lowest BCUT2D eigenvalue weighted by molar-refractivity contribution is 0.137. The van der Waals surface area contributed by atoms with E-state index in [9.17, 15) is 0 Å². The first-order valence-corrected chi connectivity index (χ1v) is 7.47. The average Bonchev–Trinajstić information content (AvgIpc) is 2.76. The van der Waals surface area contributed by atoms with Crippen LogP contribution in [0.4, 0.5) is 5.69 Å². The van der Waals surface area contributed by atoms with Gasteiger partial charge < -0.3 is 10.2 Å². The Morgan fingerprint density at radius 1 is 1.05 bits per heavy atom. The number of para-hydroxylation sites is 1. The molecule has 0 saturated carbocycles. The quantitative estimate of drug-likeness (QED) is 0.876. The molecule has 2 saturated heterocycles. The molecule has 0 spiro atoms. The number of benzene rings is 1. The Balaban J connectivity index is 1.79. The standard InChI is InChI=1S/C16H25N3/c1-16(2)15(18-12-9-17-10-13-18)8-11-19(16)14-6-4-3-5-7-14/h3-7,15,17H,8-13H2,1-2H3. The minimum Gasteiger partial charge on any atom is -0.365 e. The van der Waals surface area contributed by atoms with Crippen LogP contribution in [0.3, 0.4) is 0 Å². The number of nitrogens with one attached hydrogen (secondary N) is 1. The molecule has 2 aliphatic heterocycles. The van der Waals surface area contributed by atoms with Crippen LogP contribution in [0.15, 0.2) is 30.3 Å². The summed E-state index contributed by atoms with van der Waals surface area (Å²) < 4.78 is 0. The van der Waals surface area contributed by atoms with E-state index in [0.29, 0.717) is 6.04 Å². The topological polar surface area (TPSA) is 18.5 Å². The second-order valence-electron chi connectivity index (χ2n) is 6.23. The Hall–Kier alpha value is -1.06. The monoisotopic (exact) mass is 259 g/mol. The molecular weight excluding hydrogens is 234 g/mol. The molecule has 2 aliphatic rings. The predicted octanol–water partition coefficient (Wildman–Crippen LogP) is 1.95. The van der Waals surface area contributed by atoms with Gasteiger partial charge in [0.1, 0.15) is 0 Å². The van der Waals surface area contributed by atoms with Crippen LogP contribution in [-0.2, 0) is 0 Å². The summed E-state index contributed by atoms with van der Waals surface area (Å²) >= 11 is 0. The Bertz CT molecular complexity index is 409. The molecule has 19 heavy (non-hydrogen) atoms. The van der Waals surface area contributed by atoms with Gasteiger partial charge in [0.15, 0.2) is 0 Å². The number of anilines is 1. The molecule has 104 valence electrons. The molecule has 3 rings (SSSR count). The van der Waals surface area contributed by atoms with Gasteiger partial charge >= 0.3 is 0 Å². The third-order valence-electron chi connectivity index (χ3n) is 4.80. The van der Waals surface area contributed by atoms with Crippen LogP contribution in [0, 0.1) is 0 Å². The van der Waals surface area contributed by atoms with Gasteiger partial charge in [-0.2, -0.15) is 0 Å². The zero-order valence-corrected chi connectivity index (χ0v) is 12.1. The van der Waals surface area contributed by atoms with Crippen molar-refractivity contribution in [3.05, 3.63) is 30.3 Å². The number of rotatable bonds is 2. The summed E-state index contributed by atoms with van der Waals surface area (Å²) in [6.07, 6.45) is 1.28. The normalized spacial score (nSPS) is 27.7. The third-order valence-corrected chi connectivity index (χ3v) is 4.80. The van der Waals surface area contributed by atoms with E-state index in [1.807, 2.05) is 0 Å². The Labute approximate surface area is 116 Å². The minimum absolute atomic E-state index is 0.221. The minimum atomic E-state index is 0.221. The smallest absolute Gasteiger partial charge is 0.0501 e. The summed E-state index contributed by atoms with van der Waals surface area (Å²) in [5.41, 5.74) is 1.59. The lowest BCUT2D eigenvalue weighted by Gasteiger charge is -2.43. The van der Waals surface area contributed by atoms with Crippen molar-refractivity contribution in [2.24, 2.45) is 0 Å². The molecule has 1 atom stereocenters. The van der Waals surface area contributed by atoms with Gasteiger partial charge in [-0.3, -0.25) is 4.90 Å². The molecule has 1 aromatic carbocycles. The molecule has 1 aromatic rings. The van der Waals surface area contributed by atoms with E-state index in [0.717, 1.165) is 13.1 Å². The highest BCUT2D eigenvalue weighted by atomic mass is 15.3. The van der Waals surface area contributed by atoms with Crippen molar-refractivity contribution in [3.8, 4) is 0 Å². The van der Waals surface area contributed by atoms with Crippen LogP contribution >= 0.6 is 0 Å². The first-order chi connectivity index (χ1) is 9.19. The zero-order valence-electron chi connectivity index (χ0n) is 12.1. The Morgan fingerprint density at radius 2 is 1.74 bits per heavy atom. The summed E-state index contributed by atoms with van der Waals surface area (Å²) in [5, 5.41) is 3.45. The van der Waals surface area contributed by atoms with Crippen LogP contribution in [0.25, 0.3) is 0 Å². The summed E-state index contributed by atoms with van der Waals surface area (Å²) in [4.78, 5) is 5.26. The van der Waals surface area contributed by atoms with Crippen LogP contribution in [0.2, 0.25) is 0 Å². The van der Waals surface area contributed by atoms with Gasteiger partial charge in [-0.05, 0) is 32.4 Å². The maximum atomic E-state index is 3.45. The average molecular weight is 259 g/mol. The first-order valence-electron chi connectivity index (χ1n) is 7.47. The maximum Gasteiger partial charge on any atom is 0.0501 e. The molecule has 2 fully saturated rings. The fraction of sp³-hybridized carbons (Fsp3) is 0.625. The highest BCUT2D eigenvalue weighted by Crippen LogP contribution is 2.36. The number of hydrogen-bond acceptors (Lipinski definition) is 3. The van der Waals surface area contributed by atoms with E-state index < -0.39 is 0 Å². The SMILES string of the molecule is CC1(C)C(N2CCNCC2)CCN1c1ccccc1. The fourth-order valence-corrected chi connectivity index (χ4v) is 3.77. The molecule has 2 heterocycles. The number of hydrogen-bond donors (Lipinski definition) is 1. The Morgan fingerprint density at radius 3 is 2.42 bits per heavy atom. The van der Waals surface area contributed by atoms with Gasteiger partial charge in [-0.25, -0.2) is 0 Å². The lowest BCUT2D eigenvalue weighted by Crippen LogP contribution is -2.57. The van der Waals surface area contributed by atoms with Crippen molar-refractivity contribution in [2.75, 3.05) is 37.6 Å². The van der Waals surface area contributed by atoms with Gasteiger partial charge in [0.05, 0.1) is 5.54 Å². The molecule has 1 N–H and O–H groups in total. The number of nitrogens with zero attached hydrogens (tertiary/aromatic N) is 2. The van der Waals surface area contributed by atoms with E-state index >= 15 is 0 Å². The largest absolute Gasteiger partial charge is 0.365 e. The Kier molecular flexibility index (Phi) is 3.50. The van der Waals surface area contributed by atoms with Gasteiger partial charge in [0.2, 0.25) is 0 Å². The molecule has 1 unspecified atom stereocenters. The second-order valence-corrected chi connectivity index (χ2v) is 6.23. The fourth-order valence-electron chi connectivity index (χ4n) is 3.77. The van der Waals surface area contributed by atoms with Crippen LogP contribution in [-0.4, -0.2) is 49.2 Å². The van der Waals surface area contributed by atoms with Gasteiger partial charge in [-0.15, -0.1) is 0 Å². The third kappa shape index (κ3) is 2.37. The zero-order chi connectivity index (χ0) is 13.3. The highest BCUT2D eigenvalue weighted by Gasteiger charge is 2.44. The molecular formula is C16H25N3. The number of piperazine rings is 1. The van der Waals surface area contributed by atoms with Gasteiger partial charge in [0.25, 0.3) is 0 Å². The van der Waals surface area contributed by atoms with E-state index in [-0.39, 0.29) is 5.54 Å². The maximum absolute atomic E-state index is 3.45. The van der Waals surface area contributed by atoms with Crippen LogP contribution < -0.4 is 10.2 Å². The molecule has 3 nitrogen and oxygen atoms in total. The molecule has 0 bridgehead atoms. The van der Waals surface area contributed by atoms with E-state index in [4.69, 9.17) is 0 Å². The van der Waals surface area contributed by atoms with Gasteiger partial charge in [0, 0.05) is 44.5 Å². The van der Waals surface area contributed by atoms with Crippen molar-refractivity contribution < 1.29 is 0 Å². The molecule has 0 radical (unpaired) electrons. The summed E-state index contributed by atoms with van der Waals surface area (Å²) in [5.74, 6) is 0.